The lowest BCUT2D eigenvalue weighted by Crippen LogP contribution is -2.03. The van der Waals surface area contributed by atoms with Crippen molar-refractivity contribution in [1.29, 1.82) is 0 Å². The topological polar surface area (TPSA) is 50.9 Å². The average molecular weight is 254 g/mol. The Balaban J connectivity index is 2.52. The Bertz CT molecular complexity index is 562. The zero-order chi connectivity index (χ0) is 12.4. The summed E-state index contributed by atoms with van der Waals surface area (Å²) in [7, 11) is 0. The summed E-state index contributed by atoms with van der Waals surface area (Å²) >= 11 is 6.08. The number of hydrogen-bond acceptors (Lipinski definition) is 3. The number of hydrogen-bond donors (Lipinski definition) is 1. The molecule has 2 heterocycles. The number of carbonyl (C=O) groups is 1. The Morgan fingerprint density at radius 1 is 1.53 bits per heavy atom. The number of aromatic nitrogens is 1. The summed E-state index contributed by atoms with van der Waals surface area (Å²) in [6, 6.07) is 5.17. The van der Waals surface area contributed by atoms with Gasteiger partial charge in [-0.2, -0.15) is 0 Å². The zero-order valence-electron chi connectivity index (χ0n) is 9.31. The molecular formula is C12H12ClNO3. The Kier molecular flexibility index (Phi) is 3.36. The number of esters is 1. The first-order valence-corrected chi connectivity index (χ1v) is 5.62. The van der Waals surface area contributed by atoms with E-state index in [1.54, 1.807) is 35.7 Å². The van der Waals surface area contributed by atoms with Gasteiger partial charge in [0.15, 0.2) is 0 Å². The van der Waals surface area contributed by atoms with E-state index in [-0.39, 0.29) is 6.61 Å². The van der Waals surface area contributed by atoms with Crippen LogP contribution in [-0.2, 0) is 11.3 Å². The average Bonchev–Trinajstić information content (AvgIpc) is 2.66. The van der Waals surface area contributed by atoms with Crippen LogP contribution in [-0.4, -0.2) is 22.1 Å². The largest absolute Gasteiger partial charge is 0.462 e. The molecule has 0 atom stereocenters. The minimum Gasteiger partial charge on any atom is -0.462 e. The summed E-state index contributed by atoms with van der Waals surface area (Å²) in [6.45, 7) is 2.00. The molecule has 0 saturated heterocycles. The SMILES string of the molecule is CCOC(=O)c1cc2cc(CO)ccn2c1Cl. The molecule has 0 aliphatic rings. The van der Waals surface area contributed by atoms with Gasteiger partial charge in [0.1, 0.15) is 5.15 Å². The number of nitrogens with zero attached hydrogens (tertiary/aromatic N) is 1. The molecule has 2 rings (SSSR count). The quantitative estimate of drug-likeness (QED) is 0.854. The van der Waals surface area contributed by atoms with Crippen LogP contribution in [0.3, 0.4) is 0 Å². The van der Waals surface area contributed by atoms with Crippen molar-refractivity contribution in [3.8, 4) is 0 Å². The number of aliphatic hydroxyl groups excluding tert-OH is 1. The van der Waals surface area contributed by atoms with Crippen LogP contribution >= 0.6 is 11.6 Å². The molecule has 2 aromatic heterocycles. The monoisotopic (exact) mass is 253 g/mol. The summed E-state index contributed by atoms with van der Waals surface area (Å²) < 4.78 is 6.58. The fraction of sp³-hybridized carbons (Fsp3) is 0.250. The number of pyridine rings is 1. The molecule has 0 unspecified atom stereocenters. The molecule has 0 amide bonds. The third-order valence-corrected chi connectivity index (χ3v) is 2.84. The van der Waals surface area contributed by atoms with E-state index in [1.165, 1.54) is 0 Å². The Labute approximate surface area is 103 Å². The smallest absolute Gasteiger partial charge is 0.341 e. The van der Waals surface area contributed by atoms with Gasteiger partial charge in [-0.3, -0.25) is 0 Å². The van der Waals surface area contributed by atoms with E-state index in [9.17, 15) is 4.79 Å². The van der Waals surface area contributed by atoms with Crippen LogP contribution in [0.1, 0.15) is 22.8 Å². The molecule has 0 spiro atoms. The van der Waals surface area contributed by atoms with Crippen molar-refractivity contribution in [2.45, 2.75) is 13.5 Å². The second-order valence-electron chi connectivity index (χ2n) is 3.56. The van der Waals surface area contributed by atoms with E-state index >= 15 is 0 Å². The van der Waals surface area contributed by atoms with E-state index in [1.807, 2.05) is 0 Å². The molecule has 0 aliphatic heterocycles. The van der Waals surface area contributed by atoms with Crippen molar-refractivity contribution in [1.82, 2.24) is 4.40 Å². The maximum absolute atomic E-state index is 11.6. The first-order valence-electron chi connectivity index (χ1n) is 5.24. The third kappa shape index (κ3) is 2.14. The van der Waals surface area contributed by atoms with Crippen molar-refractivity contribution in [3.05, 3.63) is 40.7 Å². The van der Waals surface area contributed by atoms with Crippen molar-refractivity contribution in [3.63, 3.8) is 0 Å². The van der Waals surface area contributed by atoms with Crippen LogP contribution in [0.2, 0.25) is 5.15 Å². The molecular weight excluding hydrogens is 242 g/mol. The third-order valence-electron chi connectivity index (χ3n) is 2.45. The molecule has 17 heavy (non-hydrogen) atoms. The van der Waals surface area contributed by atoms with Crippen LogP contribution in [0, 0.1) is 0 Å². The van der Waals surface area contributed by atoms with E-state index in [0.717, 1.165) is 11.1 Å². The van der Waals surface area contributed by atoms with E-state index in [2.05, 4.69) is 0 Å². The van der Waals surface area contributed by atoms with Crippen molar-refractivity contribution in [2.24, 2.45) is 0 Å². The fourth-order valence-electron chi connectivity index (χ4n) is 1.64. The number of halogens is 1. The van der Waals surface area contributed by atoms with Gasteiger partial charge in [-0.1, -0.05) is 11.6 Å². The number of fused-ring (bicyclic) bond motifs is 1. The Morgan fingerprint density at radius 2 is 2.29 bits per heavy atom. The van der Waals surface area contributed by atoms with Gasteiger partial charge in [-0.05, 0) is 30.7 Å². The van der Waals surface area contributed by atoms with Crippen LogP contribution in [0.5, 0.6) is 0 Å². The lowest BCUT2D eigenvalue weighted by Gasteiger charge is -2.00. The molecule has 0 saturated carbocycles. The number of carbonyl (C=O) groups excluding carboxylic acids is 1. The van der Waals surface area contributed by atoms with E-state index in [0.29, 0.717) is 17.3 Å². The van der Waals surface area contributed by atoms with Gasteiger partial charge < -0.3 is 14.2 Å². The molecule has 90 valence electrons. The fourth-order valence-corrected chi connectivity index (χ4v) is 1.93. The van der Waals surface area contributed by atoms with Crippen molar-refractivity contribution < 1.29 is 14.6 Å². The van der Waals surface area contributed by atoms with Gasteiger partial charge in [-0.25, -0.2) is 4.79 Å². The summed E-state index contributed by atoms with van der Waals surface area (Å²) in [6.07, 6.45) is 1.71. The van der Waals surface area contributed by atoms with Crippen LogP contribution < -0.4 is 0 Å². The predicted octanol–water partition coefficient (Wildman–Crippen LogP) is 2.26. The molecule has 0 aliphatic carbocycles. The lowest BCUT2D eigenvalue weighted by molar-refractivity contribution is 0.0527. The highest BCUT2D eigenvalue weighted by molar-refractivity contribution is 6.33. The van der Waals surface area contributed by atoms with Crippen LogP contribution in [0.25, 0.3) is 5.52 Å². The predicted molar refractivity (Wildman–Crippen MR) is 64.3 cm³/mol. The number of ether oxygens (including phenoxy) is 1. The highest BCUT2D eigenvalue weighted by atomic mass is 35.5. The molecule has 0 fully saturated rings. The minimum absolute atomic E-state index is 0.0476. The number of rotatable bonds is 3. The van der Waals surface area contributed by atoms with Gasteiger partial charge >= 0.3 is 5.97 Å². The van der Waals surface area contributed by atoms with Crippen molar-refractivity contribution in [2.75, 3.05) is 6.61 Å². The summed E-state index contributed by atoms with van der Waals surface area (Å²) in [4.78, 5) is 11.6. The highest BCUT2D eigenvalue weighted by Gasteiger charge is 2.16. The summed E-state index contributed by atoms with van der Waals surface area (Å²) in [5, 5.41) is 9.35. The summed E-state index contributed by atoms with van der Waals surface area (Å²) in [5.74, 6) is -0.438. The molecule has 0 radical (unpaired) electrons. The van der Waals surface area contributed by atoms with Crippen molar-refractivity contribution >= 4 is 23.1 Å². The first-order chi connectivity index (χ1) is 8.17. The van der Waals surface area contributed by atoms with Crippen LogP contribution in [0.15, 0.2) is 24.4 Å². The van der Waals surface area contributed by atoms with Gasteiger partial charge in [0.05, 0.1) is 18.8 Å². The molecule has 5 heteroatoms. The Morgan fingerprint density at radius 3 is 2.94 bits per heavy atom. The van der Waals surface area contributed by atoms with Gasteiger partial charge in [0, 0.05) is 11.7 Å². The van der Waals surface area contributed by atoms with Crippen LogP contribution in [0.4, 0.5) is 0 Å². The first kappa shape index (κ1) is 12.0. The normalized spacial score (nSPS) is 10.8. The second-order valence-corrected chi connectivity index (χ2v) is 3.92. The zero-order valence-corrected chi connectivity index (χ0v) is 10.1. The van der Waals surface area contributed by atoms with Gasteiger partial charge in [-0.15, -0.1) is 0 Å². The van der Waals surface area contributed by atoms with E-state index < -0.39 is 5.97 Å². The standard InChI is InChI=1S/C12H12ClNO3/c1-2-17-12(16)10-6-9-5-8(7-15)3-4-14(9)11(10)13/h3-6,15H,2,7H2,1H3. The molecule has 1 N–H and O–H groups in total. The summed E-state index contributed by atoms with van der Waals surface area (Å²) in [5.41, 5.74) is 1.86. The molecule has 0 bridgehead atoms. The second kappa shape index (κ2) is 4.77. The van der Waals surface area contributed by atoms with Gasteiger partial charge in [0.2, 0.25) is 0 Å². The molecule has 2 aromatic rings. The molecule has 4 nitrogen and oxygen atoms in total. The maximum Gasteiger partial charge on any atom is 0.341 e. The number of aliphatic hydroxyl groups is 1. The lowest BCUT2D eigenvalue weighted by atomic mass is 10.2. The maximum atomic E-state index is 11.6. The van der Waals surface area contributed by atoms with Gasteiger partial charge in [0.25, 0.3) is 0 Å². The minimum atomic E-state index is -0.438. The highest BCUT2D eigenvalue weighted by Crippen LogP contribution is 2.23. The molecule has 0 aromatic carbocycles. The van der Waals surface area contributed by atoms with E-state index in [4.69, 9.17) is 21.4 Å². The Hall–Kier alpha value is -1.52.